The van der Waals surface area contributed by atoms with E-state index in [2.05, 4.69) is 0 Å². The Morgan fingerprint density at radius 3 is 3.00 bits per heavy atom. The zero-order valence-corrected chi connectivity index (χ0v) is 10.6. The standard InChI is InChI=1S/C13H17ClO3/c1-9(15)12-7-10(14)4-5-13(12)17-11-3-2-6-16-8-11/h4-5,7,9,11,15H,2-3,6,8H2,1H3/t9-,11?/m0/s1. The van der Waals surface area contributed by atoms with Crippen molar-refractivity contribution in [1.29, 1.82) is 0 Å². The van der Waals surface area contributed by atoms with E-state index in [0.717, 1.165) is 25.0 Å². The lowest BCUT2D eigenvalue weighted by Gasteiger charge is -2.25. The first-order valence-corrected chi connectivity index (χ1v) is 6.26. The number of aliphatic hydroxyl groups excluding tert-OH is 1. The molecule has 0 saturated carbocycles. The molecule has 0 aliphatic carbocycles. The van der Waals surface area contributed by atoms with Gasteiger partial charge < -0.3 is 14.6 Å². The smallest absolute Gasteiger partial charge is 0.125 e. The average molecular weight is 257 g/mol. The van der Waals surface area contributed by atoms with E-state index < -0.39 is 6.10 Å². The van der Waals surface area contributed by atoms with Crippen LogP contribution in [-0.2, 0) is 4.74 Å². The van der Waals surface area contributed by atoms with Gasteiger partial charge in [0.25, 0.3) is 0 Å². The van der Waals surface area contributed by atoms with E-state index in [9.17, 15) is 5.11 Å². The molecule has 1 aliphatic rings. The van der Waals surface area contributed by atoms with Crippen LogP contribution in [0, 0.1) is 0 Å². The molecule has 0 amide bonds. The van der Waals surface area contributed by atoms with Crippen molar-refractivity contribution in [2.24, 2.45) is 0 Å². The van der Waals surface area contributed by atoms with Gasteiger partial charge in [0.05, 0.1) is 12.7 Å². The Hall–Kier alpha value is -0.770. The second-order valence-electron chi connectivity index (χ2n) is 4.32. The molecule has 1 aliphatic heterocycles. The van der Waals surface area contributed by atoms with Crippen molar-refractivity contribution < 1.29 is 14.6 Å². The van der Waals surface area contributed by atoms with Crippen molar-refractivity contribution in [2.75, 3.05) is 13.2 Å². The third kappa shape index (κ3) is 3.35. The van der Waals surface area contributed by atoms with Gasteiger partial charge in [-0.3, -0.25) is 0 Å². The zero-order valence-electron chi connectivity index (χ0n) is 9.86. The van der Waals surface area contributed by atoms with E-state index in [1.165, 1.54) is 0 Å². The van der Waals surface area contributed by atoms with E-state index in [1.54, 1.807) is 25.1 Å². The van der Waals surface area contributed by atoms with Crippen molar-refractivity contribution in [3.05, 3.63) is 28.8 Å². The van der Waals surface area contributed by atoms with E-state index in [4.69, 9.17) is 21.1 Å². The second kappa shape index (κ2) is 5.71. The molecule has 94 valence electrons. The fourth-order valence-corrected chi connectivity index (χ4v) is 2.12. The zero-order chi connectivity index (χ0) is 12.3. The predicted octanol–water partition coefficient (Wildman–Crippen LogP) is 2.95. The predicted molar refractivity (Wildman–Crippen MR) is 66.6 cm³/mol. The molecule has 3 nitrogen and oxygen atoms in total. The van der Waals surface area contributed by atoms with Gasteiger partial charge in [-0.1, -0.05) is 11.6 Å². The molecule has 1 heterocycles. The number of benzene rings is 1. The van der Waals surface area contributed by atoms with Crippen molar-refractivity contribution in [1.82, 2.24) is 0 Å². The highest BCUT2D eigenvalue weighted by Crippen LogP contribution is 2.30. The van der Waals surface area contributed by atoms with Crippen LogP contribution in [0.4, 0.5) is 0 Å². The first-order valence-electron chi connectivity index (χ1n) is 5.88. The van der Waals surface area contributed by atoms with Crippen LogP contribution in [0.25, 0.3) is 0 Å². The third-order valence-electron chi connectivity index (χ3n) is 2.83. The van der Waals surface area contributed by atoms with Crippen LogP contribution in [0.3, 0.4) is 0 Å². The summed E-state index contributed by atoms with van der Waals surface area (Å²) in [5.41, 5.74) is 0.725. The van der Waals surface area contributed by atoms with Crippen molar-refractivity contribution >= 4 is 11.6 Å². The van der Waals surface area contributed by atoms with Gasteiger partial charge in [0, 0.05) is 17.2 Å². The van der Waals surface area contributed by atoms with Gasteiger partial charge in [-0.25, -0.2) is 0 Å². The van der Waals surface area contributed by atoms with Crippen molar-refractivity contribution in [3.63, 3.8) is 0 Å². The number of halogens is 1. The largest absolute Gasteiger partial charge is 0.488 e. The summed E-state index contributed by atoms with van der Waals surface area (Å²) in [4.78, 5) is 0. The molecule has 1 aromatic rings. The van der Waals surface area contributed by atoms with Gasteiger partial charge >= 0.3 is 0 Å². The number of aliphatic hydroxyl groups is 1. The first-order chi connectivity index (χ1) is 8.16. The molecular formula is C13H17ClO3. The minimum Gasteiger partial charge on any atom is -0.488 e. The summed E-state index contributed by atoms with van der Waals surface area (Å²) in [6.07, 6.45) is 1.49. The Balaban J connectivity index is 2.13. The maximum absolute atomic E-state index is 9.69. The lowest BCUT2D eigenvalue weighted by Crippen LogP contribution is -2.28. The molecule has 0 spiro atoms. The molecule has 0 radical (unpaired) electrons. The Kier molecular flexibility index (Phi) is 4.26. The number of rotatable bonds is 3. The summed E-state index contributed by atoms with van der Waals surface area (Å²) in [7, 11) is 0. The van der Waals surface area contributed by atoms with E-state index in [-0.39, 0.29) is 6.10 Å². The molecule has 0 aromatic heterocycles. The first kappa shape index (κ1) is 12.7. The molecule has 2 rings (SSSR count). The summed E-state index contributed by atoms with van der Waals surface area (Å²) in [5.74, 6) is 0.694. The highest BCUT2D eigenvalue weighted by atomic mass is 35.5. The second-order valence-corrected chi connectivity index (χ2v) is 4.75. The highest BCUT2D eigenvalue weighted by molar-refractivity contribution is 6.30. The number of hydrogen-bond acceptors (Lipinski definition) is 3. The molecule has 1 aromatic carbocycles. The topological polar surface area (TPSA) is 38.7 Å². The monoisotopic (exact) mass is 256 g/mol. The fraction of sp³-hybridized carbons (Fsp3) is 0.538. The van der Waals surface area contributed by atoms with Crippen LogP contribution < -0.4 is 4.74 Å². The van der Waals surface area contributed by atoms with Crippen LogP contribution in [0.5, 0.6) is 5.75 Å². The van der Waals surface area contributed by atoms with Crippen molar-refractivity contribution in [2.45, 2.75) is 32.0 Å². The number of ether oxygens (including phenoxy) is 2. The molecule has 17 heavy (non-hydrogen) atoms. The molecule has 1 fully saturated rings. The van der Waals surface area contributed by atoms with Crippen LogP contribution in [-0.4, -0.2) is 24.4 Å². The molecule has 2 atom stereocenters. The molecule has 0 bridgehead atoms. The third-order valence-corrected chi connectivity index (χ3v) is 3.07. The summed E-state index contributed by atoms with van der Waals surface area (Å²) in [6.45, 7) is 3.13. The summed E-state index contributed by atoms with van der Waals surface area (Å²) < 4.78 is 11.2. The summed E-state index contributed by atoms with van der Waals surface area (Å²) in [5, 5.41) is 10.3. The lowest BCUT2D eigenvalue weighted by atomic mass is 10.1. The number of hydrogen-bond donors (Lipinski definition) is 1. The molecular weight excluding hydrogens is 240 g/mol. The van der Waals surface area contributed by atoms with E-state index in [0.29, 0.717) is 17.4 Å². The van der Waals surface area contributed by atoms with Crippen LogP contribution in [0.2, 0.25) is 5.02 Å². The van der Waals surface area contributed by atoms with Crippen molar-refractivity contribution in [3.8, 4) is 5.75 Å². The Labute approximate surface area is 106 Å². The Morgan fingerprint density at radius 2 is 2.35 bits per heavy atom. The van der Waals surface area contributed by atoms with Gasteiger partial charge in [0.1, 0.15) is 11.9 Å². The van der Waals surface area contributed by atoms with Crippen LogP contribution in [0.15, 0.2) is 18.2 Å². The molecule has 4 heteroatoms. The Morgan fingerprint density at radius 1 is 1.53 bits per heavy atom. The maximum Gasteiger partial charge on any atom is 0.125 e. The van der Waals surface area contributed by atoms with Gasteiger partial charge in [0.15, 0.2) is 0 Å². The maximum atomic E-state index is 9.69. The highest BCUT2D eigenvalue weighted by Gasteiger charge is 2.18. The van der Waals surface area contributed by atoms with E-state index >= 15 is 0 Å². The molecule has 1 N–H and O–H groups in total. The normalized spacial score (nSPS) is 22.2. The SMILES string of the molecule is C[C@H](O)c1cc(Cl)ccc1OC1CCCOC1. The summed E-state index contributed by atoms with van der Waals surface area (Å²) >= 11 is 5.91. The minimum atomic E-state index is -0.590. The lowest BCUT2D eigenvalue weighted by molar-refractivity contribution is 0.00614. The molecule has 1 unspecified atom stereocenters. The van der Waals surface area contributed by atoms with Crippen LogP contribution >= 0.6 is 11.6 Å². The van der Waals surface area contributed by atoms with Gasteiger partial charge in [0.2, 0.25) is 0 Å². The average Bonchev–Trinajstić information content (AvgIpc) is 2.32. The quantitative estimate of drug-likeness (QED) is 0.904. The minimum absolute atomic E-state index is 0.0717. The van der Waals surface area contributed by atoms with Gasteiger partial charge in [-0.15, -0.1) is 0 Å². The van der Waals surface area contributed by atoms with Crippen LogP contribution in [0.1, 0.15) is 31.4 Å². The summed E-state index contributed by atoms with van der Waals surface area (Å²) in [6, 6.07) is 5.32. The molecule has 1 saturated heterocycles. The van der Waals surface area contributed by atoms with Gasteiger partial charge in [-0.2, -0.15) is 0 Å². The van der Waals surface area contributed by atoms with E-state index in [1.807, 2.05) is 0 Å². The van der Waals surface area contributed by atoms with Gasteiger partial charge in [-0.05, 0) is 38.0 Å². The Bertz CT molecular complexity index is 373. The fourth-order valence-electron chi connectivity index (χ4n) is 1.94.